The second-order valence-electron chi connectivity index (χ2n) is 11.8. The maximum absolute atomic E-state index is 15.0. The summed E-state index contributed by atoms with van der Waals surface area (Å²) in [5, 5.41) is -0.275. The molecule has 6 nitrogen and oxygen atoms in total. The van der Waals surface area contributed by atoms with E-state index in [9.17, 15) is 26.4 Å². The number of ether oxygens (including phenoxy) is 1. The minimum absolute atomic E-state index is 0.132. The average Bonchev–Trinajstić information content (AvgIpc) is 3.80. The van der Waals surface area contributed by atoms with E-state index in [1.54, 1.807) is 0 Å². The molecule has 2 aliphatic carbocycles. The monoisotopic (exact) mass is 614 g/mol. The Bertz CT molecular complexity index is 1450. The number of rotatable bonds is 9. The summed E-state index contributed by atoms with van der Waals surface area (Å²) in [4.78, 5) is 14.9. The Morgan fingerprint density at radius 1 is 1.02 bits per heavy atom. The number of hydrogen-bond acceptors (Lipinski definition) is 5. The third kappa shape index (κ3) is 6.22. The SMILES string of the molecule is O=C(NS(=O)(=O)C1CC1)c1cc(C2CC2)c(OC[C@@H]2C[C@H]3CC[C@@H](C2)N3Cc2cc(C(F)(F)F)ccc2Cl)cc1F. The molecule has 2 saturated carbocycles. The zero-order valence-electron chi connectivity index (χ0n) is 22.2. The summed E-state index contributed by atoms with van der Waals surface area (Å²) in [6, 6.07) is 6.42. The van der Waals surface area contributed by atoms with E-state index in [4.69, 9.17) is 16.3 Å². The standard InChI is InChI=1S/C29H31ClF4N2O4S/c30-25-8-3-19(29(32,33)34)11-18(25)14-36-20-4-5-21(36)10-16(9-20)15-40-27-13-26(31)24(12-23(27)17-1-2-17)28(37)35-41(38,39)22-6-7-22/h3,8,11-13,16-17,20-22H,1-2,4-7,9-10,14-15H2,(H,35,37)/t16-,20-,21+. The van der Waals surface area contributed by atoms with Crippen LogP contribution in [0.25, 0.3) is 0 Å². The van der Waals surface area contributed by atoms with Gasteiger partial charge in [0.25, 0.3) is 5.91 Å². The van der Waals surface area contributed by atoms with Gasteiger partial charge in [0.1, 0.15) is 11.6 Å². The van der Waals surface area contributed by atoms with Gasteiger partial charge >= 0.3 is 6.18 Å². The molecule has 12 heteroatoms. The van der Waals surface area contributed by atoms with Crippen LogP contribution in [-0.4, -0.2) is 43.2 Å². The lowest BCUT2D eigenvalue weighted by atomic mass is 9.90. The van der Waals surface area contributed by atoms with E-state index in [1.807, 2.05) is 4.72 Å². The van der Waals surface area contributed by atoms with E-state index in [1.165, 1.54) is 18.2 Å². The summed E-state index contributed by atoms with van der Waals surface area (Å²) in [6.07, 6.45) is 1.78. The Labute approximate surface area is 241 Å². The number of hydrogen-bond donors (Lipinski definition) is 1. The van der Waals surface area contributed by atoms with Gasteiger partial charge in [0.05, 0.1) is 23.0 Å². The van der Waals surface area contributed by atoms with Crippen molar-refractivity contribution in [2.24, 2.45) is 5.92 Å². The van der Waals surface area contributed by atoms with Crippen molar-refractivity contribution in [3.63, 3.8) is 0 Å². The first-order valence-corrected chi connectivity index (χ1v) is 15.9. The quantitative estimate of drug-likeness (QED) is 0.330. The van der Waals surface area contributed by atoms with E-state index in [0.717, 1.165) is 50.7 Å². The number of alkyl halides is 3. The second kappa shape index (κ2) is 10.7. The second-order valence-corrected chi connectivity index (χ2v) is 14.2. The van der Waals surface area contributed by atoms with Crippen LogP contribution in [0.4, 0.5) is 17.6 Å². The fourth-order valence-corrected chi connectivity index (χ4v) is 7.76. The van der Waals surface area contributed by atoms with Crippen molar-refractivity contribution in [2.75, 3.05) is 6.61 Å². The number of carbonyl (C=O) groups excluding carboxylic acids is 1. The van der Waals surface area contributed by atoms with Crippen LogP contribution in [0.3, 0.4) is 0 Å². The molecule has 222 valence electrons. The van der Waals surface area contributed by atoms with Gasteiger partial charge in [-0.3, -0.25) is 9.69 Å². The molecule has 4 fully saturated rings. The third-order valence-corrected chi connectivity index (χ3v) is 10.9. The number of halogens is 5. The molecule has 2 aliphatic heterocycles. The Morgan fingerprint density at radius 2 is 1.71 bits per heavy atom. The van der Waals surface area contributed by atoms with Gasteiger partial charge in [0, 0.05) is 29.7 Å². The Balaban J connectivity index is 1.11. The molecule has 2 bridgehead atoms. The topological polar surface area (TPSA) is 75.7 Å². The first-order valence-electron chi connectivity index (χ1n) is 14.0. The Hall–Kier alpha value is -2.37. The van der Waals surface area contributed by atoms with Crippen molar-refractivity contribution in [3.8, 4) is 5.75 Å². The molecule has 2 aromatic rings. The molecule has 0 spiro atoms. The molecular weight excluding hydrogens is 584 g/mol. The third-order valence-electron chi connectivity index (χ3n) is 8.74. The summed E-state index contributed by atoms with van der Waals surface area (Å²) in [6.45, 7) is 0.703. The number of fused-ring (bicyclic) bond motifs is 2. The van der Waals surface area contributed by atoms with E-state index in [2.05, 4.69) is 4.90 Å². The lowest BCUT2D eigenvalue weighted by molar-refractivity contribution is -0.137. The molecule has 2 heterocycles. The van der Waals surface area contributed by atoms with Crippen LogP contribution in [0, 0.1) is 11.7 Å². The van der Waals surface area contributed by atoms with Gasteiger partial charge in [-0.05, 0) is 98.6 Å². The van der Waals surface area contributed by atoms with Gasteiger partial charge in [-0.25, -0.2) is 17.5 Å². The first kappa shape index (κ1) is 28.7. The minimum Gasteiger partial charge on any atom is -0.493 e. The van der Waals surface area contributed by atoms with Crippen LogP contribution in [0.2, 0.25) is 5.02 Å². The molecular formula is C29H31ClF4N2O4S. The number of benzene rings is 2. The van der Waals surface area contributed by atoms with Crippen molar-refractivity contribution >= 4 is 27.5 Å². The van der Waals surface area contributed by atoms with Crippen LogP contribution in [0.15, 0.2) is 30.3 Å². The van der Waals surface area contributed by atoms with Crippen LogP contribution in [-0.2, 0) is 22.7 Å². The molecule has 0 radical (unpaired) electrons. The summed E-state index contributed by atoms with van der Waals surface area (Å²) < 4.78 is 87.3. The van der Waals surface area contributed by atoms with Crippen LogP contribution >= 0.6 is 11.6 Å². The molecule has 6 rings (SSSR count). The normalized spacial score (nSPS) is 24.9. The average molecular weight is 615 g/mol. The summed E-state index contributed by atoms with van der Waals surface area (Å²) >= 11 is 6.26. The van der Waals surface area contributed by atoms with E-state index < -0.39 is 38.7 Å². The lowest BCUT2D eigenvalue weighted by Crippen LogP contribution is -2.43. The lowest BCUT2D eigenvalue weighted by Gasteiger charge is -2.39. The van der Waals surface area contributed by atoms with Crippen molar-refractivity contribution in [2.45, 2.75) is 87.3 Å². The highest BCUT2D eigenvalue weighted by Crippen LogP contribution is 2.46. The number of nitrogens with zero attached hydrogens (tertiary/aromatic N) is 1. The molecule has 1 amide bonds. The molecule has 2 saturated heterocycles. The van der Waals surface area contributed by atoms with Crippen molar-refractivity contribution in [1.82, 2.24) is 9.62 Å². The number of nitrogens with one attached hydrogen (secondary N) is 1. The predicted octanol–water partition coefficient (Wildman–Crippen LogP) is 6.42. The van der Waals surface area contributed by atoms with Gasteiger partial charge in [-0.1, -0.05) is 11.6 Å². The minimum atomic E-state index is -4.43. The van der Waals surface area contributed by atoms with Crippen molar-refractivity contribution in [3.05, 3.63) is 63.4 Å². The smallest absolute Gasteiger partial charge is 0.416 e. The zero-order valence-corrected chi connectivity index (χ0v) is 23.8. The fraction of sp³-hybridized carbons (Fsp3) is 0.552. The molecule has 41 heavy (non-hydrogen) atoms. The summed E-state index contributed by atoms with van der Waals surface area (Å²) in [5.74, 6) is -1.11. The molecule has 2 aromatic carbocycles. The highest BCUT2D eigenvalue weighted by atomic mass is 35.5. The number of amides is 1. The fourth-order valence-electron chi connectivity index (χ4n) is 6.29. The van der Waals surface area contributed by atoms with Gasteiger partial charge in [-0.15, -0.1) is 0 Å². The van der Waals surface area contributed by atoms with E-state index in [0.29, 0.717) is 47.9 Å². The predicted molar refractivity (Wildman–Crippen MR) is 145 cm³/mol. The molecule has 0 unspecified atom stereocenters. The maximum Gasteiger partial charge on any atom is 0.416 e. The van der Waals surface area contributed by atoms with Crippen LogP contribution < -0.4 is 9.46 Å². The van der Waals surface area contributed by atoms with Crippen molar-refractivity contribution in [1.29, 1.82) is 0 Å². The van der Waals surface area contributed by atoms with E-state index >= 15 is 4.39 Å². The number of carbonyl (C=O) groups is 1. The van der Waals surface area contributed by atoms with Crippen molar-refractivity contribution < 1.29 is 35.5 Å². The highest BCUT2D eigenvalue weighted by Gasteiger charge is 2.42. The Morgan fingerprint density at radius 3 is 2.32 bits per heavy atom. The summed E-state index contributed by atoms with van der Waals surface area (Å²) in [7, 11) is -3.80. The van der Waals surface area contributed by atoms with Gasteiger partial charge < -0.3 is 4.74 Å². The van der Waals surface area contributed by atoms with Gasteiger partial charge in [0.2, 0.25) is 10.0 Å². The maximum atomic E-state index is 15.0. The van der Waals surface area contributed by atoms with Gasteiger partial charge in [-0.2, -0.15) is 13.2 Å². The molecule has 0 aromatic heterocycles. The largest absolute Gasteiger partial charge is 0.493 e. The van der Waals surface area contributed by atoms with Crippen LogP contribution in [0.5, 0.6) is 5.75 Å². The van der Waals surface area contributed by atoms with Crippen LogP contribution in [0.1, 0.15) is 84.3 Å². The molecule has 4 aliphatic rings. The Kier molecular flexibility index (Phi) is 7.51. The molecule has 1 N–H and O–H groups in total. The number of piperidine rings is 1. The van der Waals surface area contributed by atoms with Gasteiger partial charge in [0.15, 0.2) is 0 Å². The highest BCUT2D eigenvalue weighted by molar-refractivity contribution is 7.91. The first-order chi connectivity index (χ1) is 19.4. The number of sulfonamides is 1. The molecule has 3 atom stereocenters. The summed E-state index contributed by atoms with van der Waals surface area (Å²) in [5.41, 5.74) is 0.161. The zero-order chi connectivity index (χ0) is 29.1. The van der Waals surface area contributed by atoms with E-state index in [-0.39, 0.29) is 29.5 Å².